The van der Waals surface area contributed by atoms with Crippen molar-refractivity contribution in [3.8, 4) is 5.75 Å². The molecular formula is C20H30F3NO3S. The summed E-state index contributed by atoms with van der Waals surface area (Å²) < 4.78 is 64.6. The molecule has 1 fully saturated rings. The molecule has 0 saturated carbocycles. The molecule has 0 unspecified atom stereocenters. The van der Waals surface area contributed by atoms with Gasteiger partial charge in [0, 0.05) is 6.54 Å². The lowest BCUT2D eigenvalue weighted by atomic mass is 9.68. The van der Waals surface area contributed by atoms with E-state index in [0.29, 0.717) is 0 Å². The normalized spacial score (nSPS) is 24.3. The summed E-state index contributed by atoms with van der Waals surface area (Å²) in [4.78, 5) is 2.44. The fraction of sp³-hybridized carbons (Fsp3) is 0.700. The third kappa shape index (κ3) is 5.41. The van der Waals surface area contributed by atoms with Gasteiger partial charge in [0.2, 0.25) is 0 Å². The standard InChI is InChI=1S/C20H30F3NO3S/c1-4-5-6-7-12-24-13-11-19(3,16(2)15-24)17-9-8-10-18(14-17)27-28(25,26)20(21,22)23/h8-10,14,16H,4-7,11-13,15H2,1-3H3/t16-,19-/m0/s1. The molecule has 2 rings (SSSR count). The fourth-order valence-electron chi connectivity index (χ4n) is 3.79. The van der Waals surface area contributed by atoms with Crippen molar-refractivity contribution in [1.29, 1.82) is 0 Å². The van der Waals surface area contributed by atoms with Gasteiger partial charge in [-0.2, -0.15) is 21.6 Å². The zero-order valence-corrected chi connectivity index (χ0v) is 17.6. The summed E-state index contributed by atoms with van der Waals surface area (Å²) in [5.41, 5.74) is -4.88. The first-order valence-corrected chi connectivity index (χ1v) is 11.2. The Bertz CT molecular complexity index is 751. The number of rotatable bonds is 8. The molecule has 28 heavy (non-hydrogen) atoms. The van der Waals surface area contributed by atoms with Crippen LogP contribution in [-0.4, -0.2) is 38.5 Å². The van der Waals surface area contributed by atoms with E-state index < -0.39 is 15.6 Å². The Morgan fingerprint density at radius 1 is 1.25 bits per heavy atom. The van der Waals surface area contributed by atoms with Crippen molar-refractivity contribution in [2.24, 2.45) is 5.92 Å². The first-order valence-electron chi connectivity index (χ1n) is 9.83. The predicted octanol–water partition coefficient (Wildman–Crippen LogP) is 5.09. The number of alkyl halides is 3. The summed E-state index contributed by atoms with van der Waals surface area (Å²) in [6, 6.07) is 6.05. The van der Waals surface area contributed by atoms with Gasteiger partial charge in [0.05, 0.1) is 0 Å². The van der Waals surface area contributed by atoms with Gasteiger partial charge in [-0.3, -0.25) is 0 Å². The van der Waals surface area contributed by atoms with Crippen molar-refractivity contribution in [1.82, 2.24) is 4.90 Å². The van der Waals surface area contributed by atoms with Crippen molar-refractivity contribution in [2.75, 3.05) is 19.6 Å². The first kappa shape index (κ1) is 23.0. The van der Waals surface area contributed by atoms with Gasteiger partial charge in [-0.15, -0.1) is 0 Å². The molecule has 8 heteroatoms. The Balaban J connectivity index is 2.09. The van der Waals surface area contributed by atoms with Gasteiger partial charge in [-0.25, -0.2) is 0 Å². The molecular weight excluding hydrogens is 391 g/mol. The van der Waals surface area contributed by atoms with Gasteiger partial charge < -0.3 is 9.08 Å². The highest BCUT2D eigenvalue weighted by Crippen LogP contribution is 2.41. The van der Waals surface area contributed by atoms with Crippen LogP contribution in [0.1, 0.15) is 58.4 Å². The van der Waals surface area contributed by atoms with Gasteiger partial charge >= 0.3 is 15.6 Å². The van der Waals surface area contributed by atoms with E-state index in [1.165, 1.54) is 37.8 Å². The lowest BCUT2D eigenvalue weighted by Gasteiger charge is -2.45. The average Bonchev–Trinajstić information content (AvgIpc) is 2.61. The molecule has 0 N–H and O–H groups in total. The second kappa shape index (κ2) is 9.03. The van der Waals surface area contributed by atoms with Gasteiger partial charge in [-0.05, 0) is 55.0 Å². The Kier molecular flexibility index (Phi) is 7.42. The zero-order chi connectivity index (χ0) is 21.0. The molecule has 0 amide bonds. The van der Waals surface area contributed by atoms with E-state index >= 15 is 0 Å². The SMILES string of the molecule is CCCCCCN1CC[C@](C)(c2cccc(OS(=O)(=O)C(F)(F)F)c2)[C@@H](C)C1. The molecule has 0 aromatic heterocycles. The molecule has 0 spiro atoms. The van der Waals surface area contributed by atoms with Crippen LogP contribution in [0.25, 0.3) is 0 Å². The molecule has 1 heterocycles. The van der Waals surface area contributed by atoms with E-state index in [0.717, 1.165) is 31.6 Å². The Hall–Kier alpha value is -1.28. The molecule has 0 aliphatic carbocycles. The molecule has 1 aromatic carbocycles. The average molecular weight is 422 g/mol. The van der Waals surface area contributed by atoms with Crippen LogP contribution in [0.3, 0.4) is 0 Å². The van der Waals surface area contributed by atoms with E-state index in [-0.39, 0.29) is 17.1 Å². The summed E-state index contributed by atoms with van der Waals surface area (Å²) >= 11 is 0. The minimum atomic E-state index is -5.66. The van der Waals surface area contributed by atoms with Gasteiger partial charge in [0.1, 0.15) is 5.75 Å². The number of piperidine rings is 1. The monoisotopic (exact) mass is 421 g/mol. The van der Waals surface area contributed by atoms with E-state index in [1.54, 1.807) is 6.07 Å². The number of unbranched alkanes of at least 4 members (excludes halogenated alkanes) is 3. The summed E-state index contributed by atoms with van der Waals surface area (Å²) in [7, 11) is -5.66. The number of halogens is 3. The molecule has 1 saturated heterocycles. The van der Waals surface area contributed by atoms with Crippen molar-refractivity contribution in [2.45, 2.75) is 63.8 Å². The Morgan fingerprint density at radius 2 is 1.96 bits per heavy atom. The molecule has 1 aliphatic rings. The second-order valence-electron chi connectivity index (χ2n) is 7.94. The number of hydrogen-bond donors (Lipinski definition) is 0. The highest BCUT2D eigenvalue weighted by atomic mass is 32.2. The van der Waals surface area contributed by atoms with Crippen molar-refractivity contribution >= 4 is 10.1 Å². The summed E-state index contributed by atoms with van der Waals surface area (Å²) in [6.07, 6.45) is 5.71. The van der Waals surface area contributed by atoms with Crippen LogP contribution in [0.2, 0.25) is 0 Å². The smallest absolute Gasteiger partial charge is 0.376 e. The number of likely N-dealkylation sites (tertiary alicyclic amines) is 1. The van der Waals surface area contributed by atoms with Crippen molar-refractivity contribution < 1.29 is 25.8 Å². The summed E-state index contributed by atoms with van der Waals surface area (Å²) in [5.74, 6) is -0.0212. The second-order valence-corrected chi connectivity index (χ2v) is 9.48. The van der Waals surface area contributed by atoms with E-state index in [2.05, 4.69) is 29.9 Å². The summed E-state index contributed by atoms with van der Waals surface area (Å²) in [5, 5.41) is 0. The molecule has 0 radical (unpaired) electrons. The summed E-state index contributed by atoms with van der Waals surface area (Å²) in [6.45, 7) is 9.30. The number of nitrogens with zero attached hydrogens (tertiary/aromatic N) is 1. The van der Waals surface area contributed by atoms with E-state index in [1.807, 2.05) is 6.07 Å². The lowest BCUT2D eigenvalue weighted by molar-refractivity contribution is -0.0500. The maximum atomic E-state index is 12.6. The highest BCUT2D eigenvalue weighted by Gasteiger charge is 2.48. The van der Waals surface area contributed by atoms with Crippen LogP contribution in [0.15, 0.2) is 24.3 Å². The first-order chi connectivity index (χ1) is 13.0. The quantitative estimate of drug-likeness (QED) is 0.333. The molecule has 0 bridgehead atoms. The van der Waals surface area contributed by atoms with Crippen molar-refractivity contribution in [3.63, 3.8) is 0 Å². The van der Waals surface area contributed by atoms with E-state index in [9.17, 15) is 21.6 Å². The number of hydrogen-bond acceptors (Lipinski definition) is 4. The molecule has 4 nitrogen and oxygen atoms in total. The Morgan fingerprint density at radius 3 is 2.57 bits per heavy atom. The van der Waals surface area contributed by atoms with Crippen LogP contribution in [0.5, 0.6) is 5.75 Å². The lowest BCUT2D eigenvalue weighted by Crippen LogP contribution is -2.47. The minimum Gasteiger partial charge on any atom is -0.376 e. The molecule has 2 atom stereocenters. The molecule has 1 aromatic rings. The molecule has 1 aliphatic heterocycles. The maximum absolute atomic E-state index is 12.6. The van der Waals surface area contributed by atoms with Crippen LogP contribution < -0.4 is 4.18 Å². The fourth-order valence-corrected chi connectivity index (χ4v) is 4.24. The highest BCUT2D eigenvalue weighted by molar-refractivity contribution is 7.88. The third-order valence-electron chi connectivity index (χ3n) is 5.88. The Labute approximate surface area is 166 Å². The van der Waals surface area contributed by atoms with E-state index in [4.69, 9.17) is 0 Å². The van der Waals surface area contributed by atoms with Gasteiger partial charge in [0.15, 0.2) is 0 Å². The van der Waals surface area contributed by atoms with Gasteiger partial charge in [-0.1, -0.05) is 52.2 Å². The van der Waals surface area contributed by atoms with Crippen LogP contribution in [-0.2, 0) is 15.5 Å². The third-order valence-corrected chi connectivity index (χ3v) is 6.86. The molecule has 160 valence electrons. The van der Waals surface area contributed by atoms with Gasteiger partial charge in [0.25, 0.3) is 0 Å². The van der Waals surface area contributed by atoms with Crippen LogP contribution >= 0.6 is 0 Å². The van der Waals surface area contributed by atoms with Crippen LogP contribution in [0, 0.1) is 5.92 Å². The largest absolute Gasteiger partial charge is 0.534 e. The maximum Gasteiger partial charge on any atom is 0.534 e. The number of benzene rings is 1. The van der Waals surface area contributed by atoms with Crippen LogP contribution in [0.4, 0.5) is 13.2 Å². The zero-order valence-electron chi connectivity index (χ0n) is 16.8. The predicted molar refractivity (Wildman–Crippen MR) is 104 cm³/mol. The van der Waals surface area contributed by atoms with Crippen molar-refractivity contribution in [3.05, 3.63) is 29.8 Å². The minimum absolute atomic E-state index is 0.249. The topological polar surface area (TPSA) is 46.6 Å².